The first-order valence-corrected chi connectivity index (χ1v) is 12.5. The first-order chi connectivity index (χ1) is 15.3. The fourth-order valence-corrected chi connectivity index (χ4v) is 5.27. The van der Waals surface area contributed by atoms with Gasteiger partial charge in [0.05, 0.1) is 23.9 Å². The van der Waals surface area contributed by atoms with Crippen molar-refractivity contribution in [3.63, 3.8) is 0 Å². The zero-order valence-corrected chi connectivity index (χ0v) is 21.7. The number of likely N-dealkylation sites (tertiary alicyclic amines) is 1. The van der Waals surface area contributed by atoms with Gasteiger partial charge in [-0.25, -0.2) is 9.59 Å². The molecule has 3 aliphatic rings. The summed E-state index contributed by atoms with van der Waals surface area (Å²) in [5.41, 5.74) is -1.35. The van der Waals surface area contributed by atoms with E-state index < -0.39 is 17.7 Å². The van der Waals surface area contributed by atoms with Gasteiger partial charge in [0.15, 0.2) is 0 Å². The molecule has 33 heavy (non-hydrogen) atoms. The molecule has 3 rings (SSSR count). The number of carbonyl (C=O) groups excluding carboxylic acids is 2. The van der Waals surface area contributed by atoms with Crippen LogP contribution in [0, 0.1) is 5.92 Å². The van der Waals surface area contributed by atoms with E-state index in [0.717, 1.165) is 38.5 Å². The summed E-state index contributed by atoms with van der Waals surface area (Å²) in [6.07, 6.45) is 3.69. The Hall–Kier alpha value is -1.32. The van der Waals surface area contributed by atoms with Crippen LogP contribution in [-0.4, -0.2) is 72.2 Å². The van der Waals surface area contributed by atoms with Crippen molar-refractivity contribution in [1.82, 2.24) is 10.2 Å². The van der Waals surface area contributed by atoms with Crippen LogP contribution in [0.4, 0.5) is 4.79 Å². The molecule has 4 atom stereocenters. The lowest BCUT2D eigenvalue weighted by Gasteiger charge is -2.34. The third-order valence-electron chi connectivity index (χ3n) is 7.41. The number of hydrogen-bond donors (Lipinski definition) is 1. The highest BCUT2D eigenvalue weighted by Gasteiger charge is 2.56. The van der Waals surface area contributed by atoms with Gasteiger partial charge in [-0.1, -0.05) is 6.42 Å². The van der Waals surface area contributed by atoms with Crippen LogP contribution in [0.3, 0.4) is 0 Å². The van der Waals surface area contributed by atoms with Gasteiger partial charge in [-0.2, -0.15) is 0 Å². The van der Waals surface area contributed by atoms with Gasteiger partial charge < -0.3 is 24.1 Å². The predicted molar refractivity (Wildman–Crippen MR) is 127 cm³/mol. The lowest BCUT2D eigenvalue weighted by Crippen LogP contribution is -2.52. The van der Waals surface area contributed by atoms with Crippen molar-refractivity contribution in [1.29, 1.82) is 0 Å². The Morgan fingerprint density at radius 3 is 2.36 bits per heavy atom. The fourth-order valence-electron chi connectivity index (χ4n) is 5.27. The second-order valence-electron chi connectivity index (χ2n) is 11.6. The molecule has 0 aromatic heterocycles. The van der Waals surface area contributed by atoms with Crippen LogP contribution >= 0.6 is 0 Å². The smallest absolute Gasteiger partial charge is 0.457 e. The monoisotopic (exact) mass is 466 g/mol. The van der Waals surface area contributed by atoms with Crippen LogP contribution in [0.5, 0.6) is 0 Å². The summed E-state index contributed by atoms with van der Waals surface area (Å²) < 4.78 is 23.5. The molecule has 0 aliphatic carbocycles. The van der Waals surface area contributed by atoms with Gasteiger partial charge in [-0.05, 0) is 87.5 Å². The average molecular weight is 466 g/mol. The highest BCUT2D eigenvalue weighted by Crippen LogP contribution is 2.41. The van der Waals surface area contributed by atoms with Crippen molar-refractivity contribution in [2.24, 2.45) is 5.92 Å². The van der Waals surface area contributed by atoms with Crippen LogP contribution in [0.1, 0.15) is 81.1 Å². The molecule has 0 aromatic rings. The third kappa shape index (κ3) is 5.68. The molecule has 0 saturated carbocycles. The molecule has 4 unspecified atom stereocenters. The molecule has 3 heterocycles. The van der Waals surface area contributed by atoms with Crippen molar-refractivity contribution >= 4 is 19.2 Å². The summed E-state index contributed by atoms with van der Waals surface area (Å²) in [6, 6.07) is -0.692. The van der Waals surface area contributed by atoms with E-state index >= 15 is 0 Å². The number of nitrogens with zero attached hydrogens (tertiary/aromatic N) is 1. The Morgan fingerprint density at radius 1 is 1.15 bits per heavy atom. The molecule has 3 fully saturated rings. The van der Waals surface area contributed by atoms with Gasteiger partial charge in [0.1, 0.15) is 11.6 Å². The molecule has 1 N–H and O–H groups in total. The van der Waals surface area contributed by atoms with Gasteiger partial charge in [-0.3, -0.25) is 4.90 Å². The SMILES string of the molecule is CCOC(=O)C1C(CCCB2OC(C)(C)C(C)(C)O2)C2NCCCC2N1C(=O)OC(C)(C)C. The van der Waals surface area contributed by atoms with Gasteiger partial charge in [0, 0.05) is 12.0 Å². The Kier molecular flexibility index (Phi) is 7.76. The zero-order chi connectivity index (χ0) is 24.6. The molecule has 9 heteroatoms. The first kappa shape index (κ1) is 26.3. The summed E-state index contributed by atoms with van der Waals surface area (Å²) in [6.45, 7) is 16.7. The largest absolute Gasteiger partial charge is 0.464 e. The second kappa shape index (κ2) is 9.74. The number of nitrogens with one attached hydrogen (secondary N) is 1. The number of hydrogen-bond acceptors (Lipinski definition) is 7. The Bertz CT molecular complexity index is 706. The molecule has 8 nitrogen and oxygen atoms in total. The number of ether oxygens (including phenoxy) is 2. The number of rotatable bonds is 6. The molecular weight excluding hydrogens is 423 g/mol. The normalized spacial score (nSPS) is 30.8. The summed E-state index contributed by atoms with van der Waals surface area (Å²) in [4.78, 5) is 28.0. The maximum atomic E-state index is 13.2. The highest BCUT2D eigenvalue weighted by atomic mass is 16.7. The maximum absolute atomic E-state index is 13.2. The Balaban J connectivity index is 1.76. The quantitative estimate of drug-likeness (QED) is 0.471. The minimum atomic E-state index is -0.654. The molecule has 0 radical (unpaired) electrons. The van der Waals surface area contributed by atoms with Gasteiger partial charge in [-0.15, -0.1) is 0 Å². The van der Waals surface area contributed by atoms with Gasteiger partial charge in [0.25, 0.3) is 0 Å². The van der Waals surface area contributed by atoms with Crippen LogP contribution in [0.2, 0.25) is 6.32 Å². The van der Waals surface area contributed by atoms with Crippen molar-refractivity contribution in [2.45, 2.75) is 122 Å². The fraction of sp³-hybridized carbons (Fsp3) is 0.917. The lowest BCUT2D eigenvalue weighted by molar-refractivity contribution is -0.150. The second-order valence-corrected chi connectivity index (χ2v) is 11.6. The van der Waals surface area contributed by atoms with Crippen LogP contribution in [-0.2, 0) is 23.6 Å². The third-order valence-corrected chi connectivity index (χ3v) is 7.41. The summed E-state index contributed by atoms with van der Waals surface area (Å²) in [7, 11) is -0.269. The minimum absolute atomic E-state index is 0.0407. The first-order valence-electron chi connectivity index (χ1n) is 12.5. The van der Waals surface area contributed by atoms with E-state index in [4.69, 9.17) is 18.8 Å². The molecular formula is C24H43BN2O6. The molecule has 0 spiro atoms. The van der Waals surface area contributed by atoms with Crippen molar-refractivity contribution in [2.75, 3.05) is 13.2 Å². The van der Waals surface area contributed by atoms with E-state index in [-0.39, 0.29) is 48.9 Å². The molecule has 188 valence electrons. The molecule has 3 aliphatic heterocycles. The number of amides is 1. The Labute approximate surface area is 199 Å². The molecule has 1 amide bonds. The van der Waals surface area contributed by atoms with Crippen LogP contribution in [0.25, 0.3) is 0 Å². The lowest BCUT2D eigenvalue weighted by atomic mass is 9.78. The number of fused-ring (bicyclic) bond motifs is 1. The van der Waals surface area contributed by atoms with E-state index in [1.807, 2.05) is 20.8 Å². The van der Waals surface area contributed by atoms with E-state index in [2.05, 4.69) is 33.0 Å². The molecule has 0 bridgehead atoms. The number of esters is 1. The average Bonchev–Trinajstić information content (AvgIpc) is 3.11. The van der Waals surface area contributed by atoms with Crippen molar-refractivity contribution < 1.29 is 28.4 Å². The maximum Gasteiger partial charge on any atom is 0.457 e. The van der Waals surface area contributed by atoms with Crippen molar-refractivity contribution in [3.8, 4) is 0 Å². The molecule has 0 aromatic carbocycles. The summed E-state index contributed by atoms with van der Waals surface area (Å²) in [5.74, 6) is -0.399. The predicted octanol–water partition coefficient (Wildman–Crippen LogP) is 3.78. The van der Waals surface area contributed by atoms with Crippen molar-refractivity contribution in [3.05, 3.63) is 0 Å². The number of carbonyl (C=O) groups is 2. The van der Waals surface area contributed by atoms with E-state index in [9.17, 15) is 9.59 Å². The van der Waals surface area contributed by atoms with E-state index in [0.29, 0.717) is 0 Å². The Morgan fingerprint density at radius 2 is 1.79 bits per heavy atom. The topological polar surface area (TPSA) is 86.3 Å². The number of piperidine rings is 1. The standard InChI is InChI=1S/C24H43BN2O6/c1-9-30-20(28)19-16(12-10-14-25-32-23(5,6)24(7,8)33-25)18-17(13-11-15-26-18)27(19)21(29)31-22(2,3)4/h16-19,26H,9-15H2,1-8H3. The van der Waals surface area contributed by atoms with Gasteiger partial charge in [0.2, 0.25) is 0 Å². The highest BCUT2D eigenvalue weighted by molar-refractivity contribution is 6.45. The van der Waals surface area contributed by atoms with E-state index in [1.165, 1.54) is 0 Å². The zero-order valence-electron chi connectivity index (χ0n) is 21.7. The molecule has 3 saturated heterocycles. The van der Waals surface area contributed by atoms with Crippen LogP contribution < -0.4 is 5.32 Å². The summed E-state index contributed by atoms with van der Waals surface area (Å²) >= 11 is 0. The minimum Gasteiger partial charge on any atom is -0.464 e. The van der Waals surface area contributed by atoms with E-state index in [1.54, 1.807) is 11.8 Å². The summed E-state index contributed by atoms with van der Waals surface area (Å²) in [5, 5.41) is 3.59. The van der Waals surface area contributed by atoms with Gasteiger partial charge >= 0.3 is 19.2 Å². The van der Waals surface area contributed by atoms with Crippen LogP contribution in [0.15, 0.2) is 0 Å².